The Morgan fingerprint density at radius 2 is 2.04 bits per heavy atom. The number of rotatable bonds is 3. The number of likely N-dealkylation sites (tertiary alicyclic amines) is 1. The lowest BCUT2D eigenvalue weighted by molar-refractivity contribution is -0.131. The lowest BCUT2D eigenvalue weighted by atomic mass is 9.99. The molecule has 1 fully saturated rings. The average molecular weight is 328 g/mol. The van der Waals surface area contributed by atoms with E-state index in [0.717, 1.165) is 35.0 Å². The highest BCUT2D eigenvalue weighted by Crippen LogP contribution is 2.33. The molecule has 0 saturated carbocycles. The minimum Gasteiger partial charge on any atom is -0.335 e. The second-order valence-corrected chi connectivity index (χ2v) is 7.79. The van der Waals surface area contributed by atoms with E-state index in [1.807, 2.05) is 13.8 Å². The van der Waals surface area contributed by atoms with Crippen molar-refractivity contribution in [3.05, 3.63) is 50.5 Å². The number of amides is 1. The maximum Gasteiger partial charge on any atom is 0.228 e. The van der Waals surface area contributed by atoms with Gasteiger partial charge in [0.2, 0.25) is 5.91 Å². The third kappa shape index (κ3) is 3.32. The molecule has 1 aromatic carbocycles. The van der Waals surface area contributed by atoms with Crippen molar-refractivity contribution in [1.29, 1.82) is 0 Å². The number of carbonyl (C=O) groups is 1. The summed E-state index contributed by atoms with van der Waals surface area (Å²) < 4.78 is 0. The molecule has 122 valence electrons. The molecule has 3 nitrogen and oxygen atoms in total. The number of benzene rings is 1. The Bertz CT molecular complexity index is 735. The molecule has 0 radical (unpaired) electrons. The first kappa shape index (κ1) is 16.2. The second kappa shape index (κ2) is 6.44. The molecule has 1 atom stereocenters. The number of nitrogens with zero attached hydrogens (tertiary/aromatic N) is 2. The largest absolute Gasteiger partial charge is 0.335 e. The van der Waals surface area contributed by atoms with Crippen molar-refractivity contribution in [3.63, 3.8) is 0 Å². The topological polar surface area (TPSA) is 33.2 Å². The zero-order chi connectivity index (χ0) is 16.6. The SMILES string of the molecule is Cc1nc(C)c(CC(=O)N2CCC[C@@H]2c2ccc(C)c(C)c2)s1. The van der Waals surface area contributed by atoms with Gasteiger partial charge in [-0.05, 0) is 57.2 Å². The van der Waals surface area contributed by atoms with Crippen LogP contribution in [0.1, 0.15) is 51.2 Å². The molecule has 3 rings (SSSR count). The summed E-state index contributed by atoms with van der Waals surface area (Å²) in [6.07, 6.45) is 2.64. The predicted molar refractivity (Wildman–Crippen MR) is 94.9 cm³/mol. The number of carbonyl (C=O) groups excluding carboxylic acids is 1. The normalized spacial score (nSPS) is 17.7. The van der Waals surface area contributed by atoms with Gasteiger partial charge in [-0.15, -0.1) is 11.3 Å². The van der Waals surface area contributed by atoms with Gasteiger partial charge in [0.25, 0.3) is 0 Å². The Kier molecular flexibility index (Phi) is 4.53. The monoisotopic (exact) mass is 328 g/mol. The molecule has 0 spiro atoms. The molecule has 23 heavy (non-hydrogen) atoms. The summed E-state index contributed by atoms with van der Waals surface area (Å²) in [6, 6.07) is 6.83. The van der Waals surface area contributed by atoms with E-state index in [-0.39, 0.29) is 11.9 Å². The smallest absolute Gasteiger partial charge is 0.228 e. The van der Waals surface area contributed by atoms with Crippen LogP contribution < -0.4 is 0 Å². The molecular formula is C19H24N2OS. The maximum atomic E-state index is 12.8. The lowest BCUT2D eigenvalue weighted by Gasteiger charge is -2.25. The first-order valence-corrected chi connectivity index (χ1v) is 9.07. The Morgan fingerprint density at radius 1 is 1.26 bits per heavy atom. The molecule has 0 aliphatic carbocycles. The van der Waals surface area contributed by atoms with Crippen molar-refractivity contribution >= 4 is 17.2 Å². The highest BCUT2D eigenvalue weighted by molar-refractivity contribution is 7.11. The summed E-state index contributed by atoms with van der Waals surface area (Å²) in [6.45, 7) is 9.14. The van der Waals surface area contributed by atoms with E-state index in [0.29, 0.717) is 6.42 Å². The Labute approximate surface area is 142 Å². The van der Waals surface area contributed by atoms with E-state index < -0.39 is 0 Å². The van der Waals surface area contributed by atoms with E-state index in [9.17, 15) is 4.79 Å². The fourth-order valence-corrected chi connectivity index (χ4v) is 4.29. The van der Waals surface area contributed by atoms with Crippen LogP contribution in [-0.2, 0) is 11.2 Å². The minimum atomic E-state index is 0.233. The van der Waals surface area contributed by atoms with Gasteiger partial charge < -0.3 is 4.90 Å². The van der Waals surface area contributed by atoms with Crippen molar-refractivity contribution in [2.24, 2.45) is 0 Å². The van der Waals surface area contributed by atoms with Crippen molar-refractivity contribution < 1.29 is 4.79 Å². The maximum absolute atomic E-state index is 12.8. The van der Waals surface area contributed by atoms with Gasteiger partial charge in [-0.2, -0.15) is 0 Å². The Hall–Kier alpha value is -1.68. The summed E-state index contributed by atoms with van der Waals surface area (Å²) in [5.74, 6) is 0.234. The molecule has 2 aromatic rings. The highest BCUT2D eigenvalue weighted by Gasteiger charge is 2.30. The molecule has 4 heteroatoms. The van der Waals surface area contributed by atoms with Gasteiger partial charge in [0, 0.05) is 11.4 Å². The summed E-state index contributed by atoms with van der Waals surface area (Å²) in [5.41, 5.74) is 4.88. The highest BCUT2D eigenvalue weighted by atomic mass is 32.1. The summed E-state index contributed by atoms with van der Waals surface area (Å²) in [5, 5.41) is 1.04. The molecule has 0 bridgehead atoms. The quantitative estimate of drug-likeness (QED) is 0.842. The van der Waals surface area contributed by atoms with Crippen LogP contribution in [0.15, 0.2) is 18.2 Å². The summed E-state index contributed by atoms with van der Waals surface area (Å²) in [4.78, 5) is 20.4. The van der Waals surface area contributed by atoms with Crippen LogP contribution in [0.5, 0.6) is 0 Å². The van der Waals surface area contributed by atoms with Gasteiger partial charge in [0.15, 0.2) is 0 Å². The standard InChI is InChI=1S/C19H24N2OS/c1-12-7-8-16(10-13(12)2)17-6-5-9-21(17)19(22)11-18-14(3)20-15(4)23-18/h7-8,10,17H,5-6,9,11H2,1-4H3/t17-/m1/s1. The first-order chi connectivity index (χ1) is 11.0. The van der Waals surface area contributed by atoms with Crippen LogP contribution in [-0.4, -0.2) is 22.3 Å². The molecule has 2 heterocycles. The number of thiazole rings is 1. The molecule has 1 amide bonds. The third-order valence-electron chi connectivity index (χ3n) is 4.80. The first-order valence-electron chi connectivity index (χ1n) is 8.25. The van der Waals surface area contributed by atoms with E-state index in [1.54, 1.807) is 11.3 Å². The van der Waals surface area contributed by atoms with Gasteiger partial charge >= 0.3 is 0 Å². The van der Waals surface area contributed by atoms with Crippen molar-refractivity contribution in [2.45, 2.75) is 53.0 Å². The predicted octanol–water partition coefficient (Wildman–Crippen LogP) is 4.28. The molecule has 1 saturated heterocycles. The van der Waals surface area contributed by atoms with Crippen molar-refractivity contribution in [2.75, 3.05) is 6.54 Å². The molecule has 1 aromatic heterocycles. The molecule has 0 unspecified atom stereocenters. The van der Waals surface area contributed by atoms with E-state index >= 15 is 0 Å². The lowest BCUT2D eigenvalue weighted by Crippen LogP contribution is -2.31. The fraction of sp³-hybridized carbons (Fsp3) is 0.474. The Balaban J connectivity index is 1.79. The fourth-order valence-electron chi connectivity index (χ4n) is 3.36. The number of aryl methyl sites for hydroxylation is 4. The summed E-state index contributed by atoms with van der Waals surface area (Å²) >= 11 is 1.64. The van der Waals surface area contributed by atoms with Crippen LogP contribution in [0.25, 0.3) is 0 Å². The van der Waals surface area contributed by atoms with Crippen LogP contribution in [0.3, 0.4) is 0 Å². The molecule has 0 N–H and O–H groups in total. The van der Waals surface area contributed by atoms with Crippen molar-refractivity contribution in [3.8, 4) is 0 Å². The van der Waals surface area contributed by atoms with Gasteiger partial charge in [-0.3, -0.25) is 4.79 Å². The third-order valence-corrected chi connectivity index (χ3v) is 5.87. The molecule has 1 aliphatic rings. The number of hydrogen-bond acceptors (Lipinski definition) is 3. The Morgan fingerprint density at radius 3 is 2.70 bits per heavy atom. The van der Waals surface area contributed by atoms with Crippen molar-refractivity contribution in [1.82, 2.24) is 9.88 Å². The summed E-state index contributed by atoms with van der Waals surface area (Å²) in [7, 11) is 0. The van der Waals surface area contributed by atoms with Crippen LogP contribution in [0.4, 0.5) is 0 Å². The average Bonchev–Trinajstić information content (AvgIpc) is 3.09. The van der Waals surface area contributed by atoms with E-state index in [4.69, 9.17) is 0 Å². The number of hydrogen-bond donors (Lipinski definition) is 0. The van der Waals surface area contributed by atoms with Crippen LogP contribution in [0.2, 0.25) is 0 Å². The van der Waals surface area contributed by atoms with Gasteiger partial charge in [0.05, 0.1) is 23.2 Å². The molecule has 1 aliphatic heterocycles. The zero-order valence-corrected chi connectivity index (χ0v) is 15.2. The van der Waals surface area contributed by atoms with Crippen LogP contribution in [0, 0.1) is 27.7 Å². The van der Waals surface area contributed by atoms with Gasteiger partial charge in [-0.1, -0.05) is 18.2 Å². The van der Waals surface area contributed by atoms with Gasteiger partial charge in [0.1, 0.15) is 0 Å². The van der Waals surface area contributed by atoms with Gasteiger partial charge in [-0.25, -0.2) is 4.98 Å². The zero-order valence-electron chi connectivity index (χ0n) is 14.3. The van der Waals surface area contributed by atoms with E-state index in [1.165, 1.54) is 16.7 Å². The van der Waals surface area contributed by atoms with Crippen LogP contribution >= 0.6 is 11.3 Å². The second-order valence-electron chi connectivity index (χ2n) is 6.51. The molecular weight excluding hydrogens is 304 g/mol. The number of aromatic nitrogens is 1. The van der Waals surface area contributed by atoms with E-state index in [2.05, 4.69) is 41.9 Å². The minimum absolute atomic E-state index is 0.233.